The van der Waals surface area contributed by atoms with E-state index in [-0.39, 0.29) is 5.69 Å². The summed E-state index contributed by atoms with van der Waals surface area (Å²) >= 11 is 5.74. The van der Waals surface area contributed by atoms with E-state index in [0.717, 1.165) is 0 Å². The number of aromatic nitrogens is 1. The molecular weight excluding hydrogens is 258 g/mol. The number of hydrogen-bond donors (Lipinski definition) is 1. The number of halogens is 1. The Labute approximate surface area is 108 Å². The lowest BCUT2D eigenvalue weighted by atomic mass is 10.1. The number of benzene rings is 1. The third-order valence-corrected chi connectivity index (χ3v) is 2.57. The summed E-state index contributed by atoms with van der Waals surface area (Å²) < 4.78 is 5.40. The van der Waals surface area contributed by atoms with Gasteiger partial charge in [0, 0.05) is 24.1 Å². The van der Waals surface area contributed by atoms with E-state index in [9.17, 15) is 10.1 Å². The molecule has 0 fully saturated rings. The first kappa shape index (κ1) is 12.5. The van der Waals surface area contributed by atoms with E-state index in [4.69, 9.17) is 21.8 Å². The van der Waals surface area contributed by atoms with Crippen LogP contribution >= 0.6 is 11.6 Å². The molecule has 0 unspecified atom stereocenters. The smallest absolute Gasteiger partial charge is 0.281 e. The topological polar surface area (TPSA) is 95.2 Å². The summed E-state index contributed by atoms with van der Waals surface area (Å²) in [6.07, 6.45) is 1.93. The molecule has 7 heteroatoms. The van der Waals surface area contributed by atoms with Gasteiger partial charge in [0.1, 0.15) is 0 Å². The first-order valence-electron chi connectivity index (χ1n) is 5.21. The first-order chi connectivity index (χ1) is 8.61. The molecule has 0 aliphatic rings. The normalized spacial score (nSPS) is 10.6. The predicted molar refractivity (Wildman–Crippen MR) is 66.4 cm³/mol. The quantitative estimate of drug-likeness (QED) is 0.678. The lowest BCUT2D eigenvalue weighted by Gasteiger charge is -1.99. The highest BCUT2D eigenvalue weighted by Crippen LogP contribution is 2.32. The monoisotopic (exact) mass is 267 g/mol. The van der Waals surface area contributed by atoms with Crippen molar-refractivity contribution in [1.29, 1.82) is 0 Å². The Morgan fingerprint density at radius 2 is 2.28 bits per heavy atom. The second kappa shape index (κ2) is 5.16. The lowest BCUT2D eigenvalue weighted by Crippen LogP contribution is -2.02. The molecule has 0 bridgehead atoms. The van der Waals surface area contributed by atoms with E-state index in [1.54, 1.807) is 6.07 Å². The van der Waals surface area contributed by atoms with Crippen LogP contribution < -0.4 is 5.73 Å². The summed E-state index contributed by atoms with van der Waals surface area (Å²) in [6, 6.07) is 4.38. The van der Waals surface area contributed by atoms with Gasteiger partial charge in [-0.3, -0.25) is 10.1 Å². The summed E-state index contributed by atoms with van der Waals surface area (Å²) in [4.78, 5) is 14.4. The molecule has 0 aliphatic carbocycles. The average molecular weight is 268 g/mol. The summed E-state index contributed by atoms with van der Waals surface area (Å²) in [5, 5.41) is 11.2. The van der Waals surface area contributed by atoms with E-state index in [2.05, 4.69) is 4.98 Å². The third-order valence-electron chi connectivity index (χ3n) is 2.33. The molecule has 0 radical (unpaired) electrons. The highest BCUT2D eigenvalue weighted by Gasteiger charge is 2.19. The van der Waals surface area contributed by atoms with Gasteiger partial charge < -0.3 is 10.2 Å². The van der Waals surface area contributed by atoms with Crippen LogP contribution in [0.15, 0.2) is 28.8 Å². The van der Waals surface area contributed by atoms with E-state index < -0.39 is 4.92 Å². The Kier molecular flexibility index (Phi) is 3.59. The van der Waals surface area contributed by atoms with Crippen LogP contribution in [0.25, 0.3) is 11.3 Å². The first-order valence-corrected chi connectivity index (χ1v) is 5.58. The van der Waals surface area contributed by atoms with Gasteiger partial charge in [-0.25, -0.2) is 4.98 Å². The van der Waals surface area contributed by atoms with Gasteiger partial charge in [-0.1, -0.05) is 11.6 Å². The molecule has 2 rings (SSSR count). The molecule has 0 saturated heterocycles. The Balaban J connectivity index is 2.45. The average Bonchev–Trinajstić information content (AvgIpc) is 2.78. The van der Waals surface area contributed by atoms with Crippen molar-refractivity contribution in [2.45, 2.75) is 6.42 Å². The van der Waals surface area contributed by atoms with Gasteiger partial charge >= 0.3 is 0 Å². The van der Waals surface area contributed by atoms with Gasteiger partial charge in [0.05, 0.1) is 16.7 Å². The fourth-order valence-electron chi connectivity index (χ4n) is 1.54. The molecule has 94 valence electrons. The minimum Gasteiger partial charge on any atom is -0.440 e. The van der Waals surface area contributed by atoms with Crippen LogP contribution in [0.1, 0.15) is 5.89 Å². The number of nitrogens with two attached hydrogens (primary N) is 1. The molecule has 1 heterocycles. The summed E-state index contributed by atoms with van der Waals surface area (Å²) in [7, 11) is 0. The maximum Gasteiger partial charge on any atom is 0.281 e. The summed E-state index contributed by atoms with van der Waals surface area (Å²) in [6.45, 7) is 0.405. The predicted octanol–water partition coefficient (Wildman–Crippen LogP) is 2.40. The molecular formula is C11H10ClN3O3. The van der Waals surface area contributed by atoms with Crippen LogP contribution in [0.2, 0.25) is 5.02 Å². The molecule has 2 aromatic rings. The van der Waals surface area contributed by atoms with Crippen molar-refractivity contribution in [3.63, 3.8) is 0 Å². The van der Waals surface area contributed by atoms with Crippen molar-refractivity contribution in [3.8, 4) is 11.3 Å². The largest absolute Gasteiger partial charge is 0.440 e. The number of nitro benzene ring substituents is 1. The molecule has 0 atom stereocenters. The zero-order valence-corrected chi connectivity index (χ0v) is 10.1. The molecule has 0 spiro atoms. The van der Waals surface area contributed by atoms with Gasteiger partial charge in [-0.2, -0.15) is 0 Å². The second-order valence-electron chi connectivity index (χ2n) is 3.58. The van der Waals surface area contributed by atoms with Gasteiger partial charge in [-0.05, 0) is 12.1 Å². The fourth-order valence-corrected chi connectivity index (χ4v) is 1.70. The van der Waals surface area contributed by atoms with Gasteiger partial charge in [-0.15, -0.1) is 0 Å². The van der Waals surface area contributed by atoms with Crippen LogP contribution in [0.5, 0.6) is 0 Å². The Morgan fingerprint density at radius 3 is 2.94 bits per heavy atom. The zero-order chi connectivity index (χ0) is 13.1. The third kappa shape index (κ3) is 2.49. The van der Waals surface area contributed by atoms with Crippen molar-refractivity contribution in [1.82, 2.24) is 4.98 Å². The maximum atomic E-state index is 10.9. The zero-order valence-electron chi connectivity index (χ0n) is 9.30. The van der Waals surface area contributed by atoms with Crippen molar-refractivity contribution in [3.05, 3.63) is 45.4 Å². The molecule has 18 heavy (non-hydrogen) atoms. The minimum atomic E-state index is -0.508. The van der Waals surface area contributed by atoms with Gasteiger partial charge in [0.25, 0.3) is 5.69 Å². The number of oxazole rings is 1. The summed E-state index contributed by atoms with van der Waals surface area (Å²) in [5.41, 5.74) is 5.62. The van der Waals surface area contributed by atoms with Crippen molar-refractivity contribution < 1.29 is 9.34 Å². The highest BCUT2D eigenvalue weighted by atomic mass is 35.5. The van der Waals surface area contributed by atoms with Gasteiger partial charge in [0.2, 0.25) is 0 Å². The molecule has 0 saturated carbocycles. The highest BCUT2D eigenvalue weighted by molar-refractivity contribution is 6.30. The van der Waals surface area contributed by atoms with Crippen LogP contribution in [0.3, 0.4) is 0 Å². The van der Waals surface area contributed by atoms with Crippen molar-refractivity contribution in [2.75, 3.05) is 6.54 Å². The maximum absolute atomic E-state index is 10.9. The Bertz CT molecular complexity index is 583. The number of nitrogens with zero attached hydrogens (tertiary/aromatic N) is 2. The van der Waals surface area contributed by atoms with Crippen molar-refractivity contribution >= 4 is 17.3 Å². The lowest BCUT2D eigenvalue weighted by molar-refractivity contribution is -0.384. The molecule has 1 aromatic heterocycles. The van der Waals surface area contributed by atoms with Gasteiger partial charge in [0.15, 0.2) is 11.7 Å². The second-order valence-corrected chi connectivity index (χ2v) is 4.01. The number of rotatable bonds is 4. The summed E-state index contributed by atoms with van der Waals surface area (Å²) in [5.74, 6) is 0.790. The van der Waals surface area contributed by atoms with E-state index in [0.29, 0.717) is 35.2 Å². The molecule has 0 amide bonds. The minimum absolute atomic E-state index is 0.113. The van der Waals surface area contributed by atoms with Crippen LogP contribution in [0.4, 0.5) is 5.69 Å². The van der Waals surface area contributed by atoms with Crippen molar-refractivity contribution in [2.24, 2.45) is 5.73 Å². The number of nitro groups is 1. The molecule has 6 nitrogen and oxygen atoms in total. The molecule has 2 N–H and O–H groups in total. The van der Waals surface area contributed by atoms with Crippen LogP contribution in [-0.2, 0) is 6.42 Å². The Hall–Kier alpha value is -1.92. The standard InChI is InChI=1S/C11H10ClN3O3/c12-7-1-2-8(9(5-7)15(16)17)10-6-14-11(18-10)3-4-13/h1-2,5-6H,3-4,13H2. The Morgan fingerprint density at radius 1 is 1.50 bits per heavy atom. The van der Waals surface area contributed by atoms with E-state index in [1.807, 2.05) is 0 Å². The van der Waals surface area contributed by atoms with E-state index >= 15 is 0 Å². The van der Waals surface area contributed by atoms with E-state index in [1.165, 1.54) is 18.3 Å². The SMILES string of the molecule is NCCc1ncc(-c2ccc(Cl)cc2[N+](=O)[O-])o1. The van der Waals surface area contributed by atoms with Crippen LogP contribution in [0, 0.1) is 10.1 Å². The molecule has 1 aromatic carbocycles. The number of hydrogen-bond acceptors (Lipinski definition) is 5. The molecule has 0 aliphatic heterocycles. The van der Waals surface area contributed by atoms with Crippen LogP contribution in [-0.4, -0.2) is 16.5 Å². The fraction of sp³-hybridized carbons (Fsp3) is 0.182.